The molecule has 5 nitrogen and oxygen atoms in total. The van der Waals surface area contributed by atoms with E-state index in [0.717, 1.165) is 5.56 Å². The molecule has 0 bridgehead atoms. The fourth-order valence-corrected chi connectivity index (χ4v) is 2.18. The maximum absolute atomic E-state index is 11.8. The molecule has 2 aromatic rings. The monoisotopic (exact) mass is 356 g/mol. The maximum atomic E-state index is 11.8. The molecule has 0 radical (unpaired) electrons. The molecule has 2 N–H and O–H groups in total. The Labute approximate surface area is 151 Å². The van der Waals surface area contributed by atoms with Crippen LogP contribution in [0.4, 0.5) is 5.69 Å². The molecule has 2 aromatic carbocycles. The fraction of sp³-hybridized carbons (Fsp3) is 0.158. The average molecular weight is 357 g/mol. The molecule has 25 heavy (non-hydrogen) atoms. The molecule has 128 valence electrons. The lowest BCUT2D eigenvalue weighted by Crippen LogP contribution is -2.35. The van der Waals surface area contributed by atoms with Crippen LogP contribution in [-0.4, -0.2) is 25.0 Å². The number of anilines is 1. The van der Waals surface area contributed by atoms with Gasteiger partial charge in [-0.15, -0.1) is 6.42 Å². The summed E-state index contributed by atoms with van der Waals surface area (Å²) in [6.07, 6.45) is 5.30. The Morgan fingerprint density at radius 2 is 1.92 bits per heavy atom. The van der Waals surface area contributed by atoms with Crippen LogP contribution >= 0.6 is 11.6 Å². The lowest BCUT2D eigenvalue weighted by molar-refractivity contribution is -0.128. The lowest BCUT2D eigenvalue weighted by atomic mass is 10.2. The van der Waals surface area contributed by atoms with Crippen LogP contribution < -0.4 is 10.6 Å². The summed E-state index contributed by atoms with van der Waals surface area (Å²) in [6.45, 7) is -0.0994. The first kappa shape index (κ1) is 18.5. The van der Waals surface area contributed by atoms with Gasteiger partial charge in [0.2, 0.25) is 11.8 Å². The molecule has 2 amide bonds. The van der Waals surface area contributed by atoms with Crippen LogP contribution in [0.15, 0.2) is 48.5 Å². The standard InChI is InChI=1S/C19H17ClN2O3/c1-2-14-6-5-8-16(10-14)22-18(23)11-21-19(24)13-25-12-15-7-3-4-9-17(15)20/h1,3-10H,11-13H2,(H,21,24)(H,22,23). The third-order valence-corrected chi connectivity index (χ3v) is 3.58. The number of rotatable bonds is 7. The van der Waals surface area contributed by atoms with E-state index in [2.05, 4.69) is 16.6 Å². The summed E-state index contributed by atoms with van der Waals surface area (Å²) < 4.78 is 5.29. The molecule has 2 rings (SSSR count). The molecule has 0 aromatic heterocycles. The predicted molar refractivity (Wildman–Crippen MR) is 97.1 cm³/mol. The van der Waals surface area contributed by atoms with E-state index < -0.39 is 0 Å². The van der Waals surface area contributed by atoms with Gasteiger partial charge in [0.25, 0.3) is 0 Å². The Hall–Kier alpha value is -2.81. The van der Waals surface area contributed by atoms with Crippen LogP contribution in [-0.2, 0) is 20.9 Å². The lowest BCUT2D eigenvalue weighted by Gasteiger charge is -2.08. The first-order valence-electron chi connectivity index (χ1n) is 7.53. The normalized spacial score (nSPS) is 9.92. The molecule has 0 spiro atoms. The number of hydrogen-bond acceptors (Lipinski definition) is 3. The van der Waals surface area contributed by atoms with Gasteiger partial charge in [-0.1, -0.05) is 41.8 Å². The Bertz CT molecular complexity index is 799. The third kappa shape index (κ3) is 6.30. The van der Waals surface area contributed by atoms with E-state index in [1.54, 1.807) is 30.3 Å². The molecule has 0 saturated heterocycles. The number of carbonyl (C=O) groups is 2. The van der Waals surface area contributed by atoms with Crippen LogP contribution in [0.3, 0.4) is 0 Å². The van der Waals surface area contributed by atoms with E-state index in [4.69, 9.17) is 22.8 Å². The molecule has 0 aliphatic rings. The molecule has 0 atom stereocenters. The quantitative estimate of drug-likeness (QED) is 0.749. The number of carbonyl (C=O) groups excluding carboxylic acids is 2. The fourth-order valence-electron chi connectivity index (χ4n) is 1.99. The van der Waals surface area contributed by atoms with Crippen molar-refractivity contribution in [2.75, 3.05) is 18.5 Å². The smallest absolute Gasteiger partial charge is 0.246 e. The van der Waals surface area contributed by atoms with Crippen LogP contribution in [0.5, 0.6) is 0 Å². The van der Waals surface area contributed by atoms with E-state index in [9.17, 15) is 9.59 Å². The van der Waals surface area contributed by atoms with Gasteiger partial charge >= 0.3 is 0 Å². The van der Waals surface area contributed by atoms with Crippen LogP contribution in [0.1, 0.15) is 11.1 Å². The zero-order valence-corrected chi connectivity index (χ0v) is 14.2. The van der Waals surface area contributed by atoms with E-state index >= 15 is 0 Å². The van der Waals surface area contributed by atoms with Gasteiger partial charge in [-0.05, 0) is 29.8 Å². The number of amides is 2. The molecular weight excluding hydrogens is 340 g/mol. The van der Waals surface area contributed by atoms with Crippen molar-refractivity contribution in [2.24, 2.45) is 0 Å². The molecule has 0 unspecified atom stereocenters. The van der Waals surface area contributed by atoms with E-state index in [0.29, 0.717) is 16.3 Å². The molecule has 0 saturated carbocycles. The van der Waals surface area contributed by atoms with Gasteiger partial charge in [-0.2, -0.15) is 0 Å². The molecule has 0 heterocycles. The highest BCUT2D eigenvalue weighted by Gasteiger charge is 2.07. The highest BCUT2D eigenvalue weighted by molar-refractivity contribution is 6.31. The minimum atomic E-state index is -0.389. The van der Waals surface area contributed by atoms with Gasteiger partial charge in [-0.3, -0.25) is 9.59 Å². The van der Waals surface area contributed by atoms with Crippen LogP contribution in [0.25, 0.3) is 0 Å². The summed E-state index contributed by atoms with van der Waals surface area (Å²) >= 11 is 6.00. The van der Waals surface area contributed by atoms with Crippen molar-refractivity contribution in [3.8, 4) is 12.3 Å². The van der Waals surface area contributed by atoms with Crippen molar-refractivity contribution in [3.05, 3.63) is 64.7 Å². The number of nitrogens with one attached hydrogen (secondary N) is 2. The highest BCUT2D eigenvalue weighted by atomic mass is 35.5. The minimum absolute atomic E-state index is 0.158. The van der Waals surface area contributed by atoms with Crippen LogP contribution in [0, 0.1) is 12.3 Å². The van der Waals surface area contributed by atoms with Crippen molar-refractivity contribution in [3.63, 3.8) is 0 Å². The van der Waals surface area contributed by atoms with Crippen LogP contribution in [0.2, 0.25) is 5.02 Å². The summed E-state index contributed by atoms with van der Waals surface area (Å²) in [5, 5.41) is 5.72. The van der Waals surface area contributed by atoms with Gasteiger partial charge < -0.3 is 15.4 Å². The number of benzene rings is 2. The van der Waals surface area contributed by atoms with Gasteiger partial charge in [-0.25, -0.2) is 0 Å². The maximum Gasteiger partial charge on any atom is 0.246 e. The number of halogens is 1. The average Bonchev–Trinajstić information content (AvgIpc) is 2.62. The summed E-state index contributed by atoms with van der Waals surface area (Å²) in [6, 6.07) is 14.1. The molecule has 0 fully saturated rings. The van der Waals surface area contributed by atoms with Crippen molar-refractivity contribution < 1.29 is 14.3 Å². The predicted octanol–water partition coefficient (Wildman–Crippen LogP) is 2.59. The Morgan fingerprint density at radius 1 is 1.12 bits per heavy atom. The second-order valence-corrected chi connectivity index (χ2v) is 5.54. The highest BCUT2D eigenvalue weighted by Crippen LogP contribution is 2.15. The van der Waals surface area contributed by atoms with Crippen molar-refractivity contribution in [1.82, 2.24) is 5.32 Å². The SMILES string of the molecule is C#Cc1cccc(NC(=O)CNC(=O)COCc2ccccc2Cl)c1. The largest absolute Gasteiger partial charge is 0.367 e. The van der Waals surface area contributed by atoms with E-state index in [1.165, 1.54) is 0 Å². The first-order chi connectivity index (χ1) is 12.1. The molecular formula is C19H17ClN2O3. The topological polar surface area (TPSA) is 67.4 Å². The van der Waals surface area contributed by atoms with Crippen molar-refractivity contribution >= 4 is 29.1 Å². The number of terminal acetylenes is 1. The Balaban J connectivity index is 1.70. The summed E-state index contributed by atoms with van der Waals surface area (Å²) in [4.78, 5) is 23.5. The molecule has 0 aliphatic carbocycles. The second-order valence-electron chi connectivity index (χ2n) is 5.13. The minimum Gasteiger partial charge on any atom is -0.367 e. The first-order valence-corrected chi connectivity index (χ1v) is 7.90. The van der Waals surface area contributed by atoms with Gasteiger partial charge in [0.15, 0.2) is 0 Å². The summed E-state index contributed by atoms with van der Waals surface area (Å²) in [7, 11) is 0. The Morgan fingerprint density at radius 3 is 2.68 bits per heavy atom. The third-order valence-electron chi connectivity index (χ3n) is 3.21. The number of hydrogen-bond donors (Lipinski definition) is 2. The van der Waals surface area contributed by atoms with Gasteiger partial charge in [0.05, 0.1) is 13.2 Å². The summed E-state index contributed by atoms with van der Waals surface area (Å²) in [5.74, 6) is 1.74. The van der Waals surface area contributed by atoms with Crippen molar-refractivity contribution in [1.29, 1.82) is 0 Å². The van der Waals surface area contributed by atoms with Gasteiger partial charge in [0, 0.05) is 16.3 Å². The van der Waals surface area contributed by atoms with Crippen molar-refractivity contribution in [2.45, 2.75) is 6.61 Å². The second kappa shape index (κ2) is 9.48. The molecule has 6 heteroatoms. The number of ether oxygens (including phenoxy) is 1. The zero-order chi connectivity index (χ0) is 18.1. The Kier molecular flexibility index (Phi) is 7.02. The van der Waals surface area contributed by atoms with E-state index in [-0.39, 0.29) is 31.6 Å². The zero-order valence-electron chi connectivity index (χ0n) is 13.4. The summed E-state index contributed by atoms with van der Waals surface area (Å²) in [5.41, 5.74) is 2.03. The van der Waals surface area contributed by atoms with E-state index in [1.807, 2.05) is 18.2 Å². The van der Waals surface area contributed by atoms with Gasteiger partial charge in [0.1, 0.15) is 6.61 Å². The molecule has 0 aliphatic heterocycles.